The van der Waals surface area contributed by atoms with E-state index in [2.05, 4.69) is 16.7 Å². The molecule has 1 fully saturated rings. The summed E-state index contributed by atoms with van der Waals surface area (Å²) >= 11 is 5.63. The van der Waals surface area contributed by atoms with Gasteiger partial charge in [-0.15, -0.1) is 0 Å². The standard InChI is InChI=1S/C23H29N3O3S/c1-26(2)21(27)16-7-10-18(11-8-16)24-22(30)25-23(13-5-6-14-23)17-9-12-19(28-3)20(15-17)29-4/h7-12,15H,5-6,13-14H2,1-4H3,(H2,24,25,30). The Kier molecular flexibility index (Phi) is 6.82. The number of nitrogens with one attached hydrogen (secondary N) is 2. The molecular formula is C23H29N3O3S. The first-order valence-corrected chi connectivity index (χ1v) is 10.4. The number of ether oxygens (including phenoxy) is 2. The van der Waals surface area contributed by atoms with E-state index >= 15 is 0 Å². The van der Waals surface area contributed by atoms with Crippen molar-refractivity contribution in [2.75, 3.05) is 33.6 Å². The number of amides is 1. The lowest BCUT2D eigenvalue weighted by Gasteiger charge is -2.33. The number of methoxy groups -OCH3 is 2. The molecule has 1 aliphatic carbocycles. The topological polar surface area (TPSA) is 62.8 Å². The number of thiocarbonyl (C=S) groups is 1. The van der Waals surface area contributed by atoms with Crippen LogP contribution in [0.3, 0.4) is 0 Å². The van der Waals surface area contributed by atoms with Gasteiger partial charge in [-0.2, -0.15) is 0 Å². The largest absolute Gasteiger partial charge is 0.493 e. The summed E-state index contributed by atoms with van der Waals surface area (Å²) in [5.41, 5.74) is 2.36. The van der Waals surface area contributed by atoms with Crippen molar-refractivity contribution in [3.05, 3.63) is 53.6 Å². The maximum atomic E-state index is 12.1. The zero-order valence-electron chi connectivity index (χ0n) is 18.0. The number of anilines is 1. The SMILES string of the molecule is COc1ccc(C2(NC(=S)Nc3ccc(C(=O)N(C)C)cc3)CCCC2)cc1OC. The maximum absolute atomic E-state index is 12.1. The van der Waals surface area contributed by atoms with Crippen molar-refractivity contribution in [2.24, 2.45) is 0 Å². The number of hydrogen-bond donors (Lipinski definition) is 2. The van der Waals surface area contributed by atoms with Crippen LogP contribution >= 0.6 is 12.2 Å². The van der Waals surface area contributed by atoms with Crippen LogP contribution in [-0.4, -0.2) is 44.2 Å². The van der Waals surface area contributed by atoms with Gasteiger partial charge >= 0.3 is 0 Å². The van der Waals surface area contributed by atoms with Gasteiger partial charge in [-0.3, -0.25) is 4.79 Å². The average Bonchev–Trinajstić information content (AvgIpc) is 3.22. The van der Waals surface area contributed by atoms with E-state index in [1.807, 2.05) is 24.3 Å². The lowest BCUT2D eigenvalue weighted by Crippen LogP contribution is -2.45. The summed E-state index contributed by atoms with van der Waals surface area (Å²) < 4.78 is 10.9. The highest BCUT2D eigenvalue weighted by Gasteiger charge is 2.37. The van der Waals surface area contributed by atoms with E-state index < -0.39 is 0 Å². The Balaban J connectivity index is 1.75. The highest BCUT2D eigenvalue weighted by Crippen LogP contribution is 2.41. The fourth-order valence-corrected chi connectivity index (χ4v) is 4.25. The molecule has 0 heterocycles. The Morgan fingerprint density at radius 3 is 2.20 bits per heavy atom. The van der Waals surface area contributed by atoms with E-state index in [0.717, 1.165) is 36.9 Å². The zero-order valence-corrected chi connectivity index (χ0v) is 18.8. The predicted molar refractivity (Wildman–Crippen MR) is 124 cm³/mol. The van der Waals surface area contributed by atoms with Crippen molar-refractivity contribution in [1.29, 1.82) is 0 Å². The Morgan fingerprint density at radius 1 is 1.00 bits per heavy atom. The first-order chi connectivity index (χ1) is 14.4. The second-order valence-electron chi connectivity index (χ2n) is 7.72. The van der Waals surface area contributed by atoms with Gasteiger partial charge in [0.25, 0.3) is 5.91 Å². The van der Waals surface area contributed by atoms with Gasteiger partial charge in [0.2, 0.25) is 0 Å². The van der Waals surface area contributed by atoms with Gasteiger partial charge in [0.1, 0.15) is 0 Å². The van der Waals surface area contributed by atoms with Crippen LogP contribution in [0.25, 0.3) is 0 Å². The summed E-state index contributed by atoms with van der Waals surface area (Å²) in [6.07, 6.45) is 4.23. The van der Waals surface area contributed by atoms with Gasteiger partial charge in [-0.05, 0) is 67.0 Å². The fourth-order valence-electron chi connectivity index (χ4n) is 3.93. The molecule has 3 rings (SSSR count). The second kappa shape index (κ2) is 9.34. The quantitative estimate of drug-likeness (QED) is 0.675. The molecule has 2 aromatic carbocycles. The second-order valence-corrected chi connectivity index (χ2v) is 8.12. The van der Waals surface area contributed by atoms with E-state index in [0.29, 0.717) is 22.2 Å². The van der Waals surface area contributed by atoms with E-state index in [1.165, 1.54) is 0 Å². The molecule has 0 aromatic heterocycles. The molecule has 0 spiro atoms. The van der Waals surface area contributed by atoms with Crippen LogP contribution in [0, 0.1) is 0 Å². The van der Waals surface area contributed by atoms with Crippen LogP contribution in [0.5, 0.6) is 11.5 Å². The minimum Gasteiger partial charge on any atom is -0.493 e. The van der Waals surface area contributed by atoms with Gasteiger partial charge < -0.3 is 25.0 Å². The molecular weight excluding hydrogens is 398 g/mol. The summed E-state index contributed by atoms with van der Waals surface area (Å²) in [6, 6.07) is 13.4. The summed E-state index contributed by atoms with van der Waals surface area (Å²) in [5, 5.41) is 7.35. The number of nitrogens with zero attached hydrogens (tertiary/aromatic N) is 1. The maximum Gasteiger partial charge on any atom is 0.253 e. The monoisotopic (exact) mass is 427 g/mol. The molecule has 1 saturated carbocycles. The van der Waals surface area contributed by atoms with Crippen LogP contribution in [-0.2, 0) is 5.54 Å². The van der Waals surface area contributed by atoms with Gasteiger partial charge in [0.05, 0.1) is 19.8 Å². The van der Waals surface area contributed by atoms with Crippen LogP contribution in [0.4, 0.5) is 5.69 Å². The first-order valence-electron chi connectivity index (χ1n) is 10.0. The van der Waals surface area contributed by atoms with E-state index in [1.54, 1.807) is 45.3 Å². The Hall–Kier alpha value is -2.80. The number of carbonyl (C=O) groups excluding carboxylic acids is 1. The minimum absolute atomic E-state index is 0.0272. The molecule has 1 aliphatic rings. The van der Waals surface area contributed by atoms with E-state index in [4.69, 9.17) is 21.7 Å². The third-order valence-corrected chi connectivity index (χ3v) is 5.75. The van der Waals surface area contributed by atoms with Crippen LogP contribution in [0.15, 0.2) is 42.5 Å². The Morgan fingerprint density at radius 2 is 1.63 bits per heavy atom. The number of rotatable bonds is 6. The average molecular weight is 428 g/mol. The zero-order chi connectivity index (χ0) is 21.7. The first kappa shape index (κ1) is 21.9. The summed E-state index contributed by atoms with van der Waals surface area (Å²) in [4.78, 5) is 13.6. The highest BCUT2D eigenvalue weighted by molar-refractivity contribution is 7.80. The Labute approximate surface area is 183 Å². The lowest BCUT2D eigenvalue weighted by atomic mass is 9.88. The molecule has 7 heteroatoms. The Bertz CT molecular complexity index is 906. The highest BCUT2D eigenvalue weighted by atomic mass is 32.1. The molecule has 1 amide bonds. The minimum atomic E-state index is -0.246. The predicted octanol–water partition coefficient (Wildman–Crippen LogP) is 4.16. The number of benzene rings is 2. The van der Waals surface area contributed by atoms with E-state index in [9.17, 15) is 4.79 Å². The van der Waals surface area contributed by atoms with Gasteiger partial charge in [-0.1, -0.05) is 18.9 Å². The molecule has 0 saturated heterocycles. The van der Waals surface area contributed by atoms with Gasteiger partial charge in [-0.25, -0.2) is 0 Å². The smallest absolute Gasteiger partial charge is 0.253 e. The van der Waals surface area contributed by atoms with Gasteiger partial charge in [0, 0.05) is 25.3 Å². The molecule has 0 unspecified atom stereocenters. The molecule has 0 radical (unpaired) electrons. The number of carbonyl (C=O) groups is 1. The summed E-state index contributed by atoms with van der Waals surface area (Å²) in [5.74, 6) is 1.39. The molecule has 2 N–H and O–H groups in total. The molecule has 6 nitrogen and oxygen atoms in total. The molecule has 30 heavy (non-hydrogen) atoms. The van der Waals surface area contributed by atoms with Gasteiger partial charge in [0.15, 0.2) is 16.6 Å². The fraction of sp³-hybridized carbons (Fsp3) is 0.391. The normalized spacial score (nSPS) is 14.7. The summed E-state index contributed by atoms with van der Waals surface area (Å²) in [7, 11) is 6.76. The molecule has 160 valence electrons. The van der Waals surface area contributed by atoms with Crippen molar-refractivity contribution in [2.45, 2.75) is 31.2 Å². The molecule has 0 atom stereocenters. The molecule has 0 bridgehead atoms. The summed E-state index contributed by atoms with van der Waals surface area (Å²) in [6.45, 7) is 0. The van der Waals surface area contributed by atoms with Crippen molar-refractivity contribution < 1.29 is 14.3 Å². The van der Waals surface area contributed by atoms with Crippen molar-refractivity contribution in [3.8, 4) is 11.5 Å². The molecule has 2 aromatic rings. The van der Waals surface area contributed by atoms with Crippen LogP contribution in [0.1, 0.15) is 41.6 Å². The van der Waals surface area contributed by atoms with Crippen molar-refractivity contribution >= 4 is 28.9 Å². The third-order valence-electron chi connectivity index (χ3n) is 5.54. The van der Waals surface area contributed by atoms with E-state index in [-0.39, 0.29) is 11.4 Å². The third kappa shape index (κ3) is 4.67. The lowest BCUT2D eigenvalue weighted by molar-refractivity contribution is 0.0827. The van der Waals surface area contributed by atoms with Crippen molar-refractivity contribution in [1.82, 2.24) is 10.2 Å². The van der Waals surface area contributed by atoms with Crippen LogP contribution < -0.4 is 20.1 Å². The molecule has 0 aliphatic heterocycles. The number of hydrogen-bond acceptors (Lipinski definition) is 4. The van der Waals surface area contributed by atoms with Crippen molar-refractivity contribution in [3.63, 3.8) is 0 Å². The van der Waals surface area contributed by atoms with Crippen LogP contribution in [0.2, 0.25) is 0 Å².